The molecule has 0 atom stereocenters. The molecule has 0 saturated heterocycles. The predicted octanol–water partition coefficient (Wildman–Crippen LogP) is 5.15. The number of halogens is 1. The van der Waals surface area contributed by atoms with Gasteiger partial charge in [-0.3, -0.25) is 9.59 Å². The second-order valence-electron chi connectivity index (χ2n) is 7.69. The lowest BCUT2D eigenvalue weighted by Gasteiger charge is -2.11. The highest BCUT2D eigenvalue weighted by molar-refractivity contribution is 6.32. The minimum atomic E-state index is -0.464. The van der Waals surface area contributed by atoms with Gasteiger partial charge in [-0.05, 0) is 47.3 Å². The lowest BCUT2D eigenvalue weighted by atomic mass is 10.0. The molecule has 0 unspecified atom stereocenters. The lowest BCUT2D eigenvalue weighted by molar-refractivity contribution is -0.115. The van der Waals surface area contributed by atoms with Crippen LogP contribution in [-0.4, -0.2) is 30.2 Å². The Labute approximate surface area is 207 Å². The van der Waals surface area contributed by atoms with Crippen LogP contribution in [-0.2, 0) is 11.2 Å². The van der Waals surface area contributed by atoms with Gasteiger partial charge in [-0.15, -0.1) is 0 Å². The van der Waals surface area contributed by atoms with Crippen LogP contribution in [0.4, 0.5) is 5.69 Å². The fourth-order valence-corrected chi connectivity index (χ4v) is 3.76. The van der Waals surface area contributed by atoms with Crippen LogP contribution in [0.5, 0.6) is 11.5 Å². The first-order chi connectivity index (χ1) is 16.9. The molecule has 0 aliphatic rings. The van der Waals surface area contributed by atoms with Crippen molar-refractivity contribution < 1.29 is 19.4 Å². The largest absolute Gasteiger partial charge is 0.506 e. The van der Waals surface area contributed by atoms with Crippen LogP contribution in [0.1, 0.15) is 21.5 Å². The van der Waals surface area contributed by atoms with Gasteiger partial charge in [0, 0.05) is 22.2 Å². The van der Waals surface area contributed by atoms with Crippen LogP contribution >= 0.6 is 11.6 Å². The van der Waals surface area contributed by atoms with E-state index in [0.29, 0.717) is 11.4 Å². The quantitative estimate of drug-likeness (QED) is 0.248. The molecule has 4 aromatic carbocycles. The number of hydrazone groups is 1. The van der Waals surface area contributed by atoms with E-state index >= 15 is 0 Å². The van der Waals surface area contributed by atoms with Gasteiger partial charge < -0.3 is 15.2 Å². The average molecular weight is 488 g/mol. The van der Waals surface area contributed by atoms with Crippen LogP contribution in [0.15, 0.2) is 84.0 Å². The summed E-state index contributed by atoms with van der Waals surface area (Å²) in [7, 11) is 1.59. The zero-order chi connectivity index (χ0) is 24.8. The summed E-state index contributed by atoms with van der Waals surface area (Å²) in [5.41, 5.74) is 5.00. The summed E-state index contributed by atoms with van der Waals surface area (Å²) in [4.78, 5) is 25.0. The third-order valence-electron chi connectivity index (χ3n) is 5.31. The van der Waals surface area contributed by atoms with Gasteiger partial charge in [0.05, 0.1) is 24.8 Å². The molecule has 4 rings (SSSR count). The van der Waals surface area contributed by atoms with E-state index in [4.69, 9.17) is 16.3 Å². The fourth-order valence-electron chi connectivity index (χ4n) is 3.58. The summed E-state index contributed by atoms with van der Waals surface area (Å²) in [6.07, 6.45) is 1.74. The fraction of sp³-hybridized carbons (Fsp3) is 0.0741. The number of benzene rings is 4. The highest BCUT2D eigenvalue weighted by Crippen LogP contribution is 2.27. The van der Waals surface area contributed by atoms with Crippen LogP contribution in [0.3, 0.4) is 0 Å². The Hall–Kier alpha value is -4.36. The first-order valence-electron chi connectivity index (χ1n) is 10.7. The Morgan fingerprint density at radius 3 is 2.57 bits per heavy atom. The number of aromatic hydroxyl groups is 1. The highest BCUT2D eigenvalue weighted by atomic mass is 35.5. The molecule has 8 heteroatoms. The second kappa shape index (κ2) is 10.7. The number of fused-ring (bicyclic) bond motifs is 1. The molecular weight excluding hydrogens is 466 g/mol. The van der Waals surface area contributed by atoms with Gasteiger partial charge >= 0.3 is 0 Å². The third-order valence-corrected chi connectivity index (χ3v) is 5.61. The van der Waals surface area contributed by atoms with Crippen molar-refractivity contribution in [2.45, 2.75) is 6.42 Å². The van der Waals surface area contributed by atoms with E-state index in [1.165, 1.54) is 24.4 Å². The maximum atomic E-state index is 12.7. The molecule has 4 aromatic rings. The summed E-state index contributed by atoms with van der Waals surface area (Å²) in [5, 5.41) is 18.3. The van der Waals surface area contributed by atoms with Crippen LogP contribution in [0.2, 0.25) is 5.02 Å². The van der Waals surface area contributed by atoms with Crippen molar-refractivity contribution in [1.82, 2.24) is 5.43 Å². The minimum absolute atomic E-state index is 0.0802. The number of nitrogens with zero attached hydrogens (tertiary/aromatic N) is 1. The number of ether oxygens (including phenoxy) is 1. The van der Waals surface area contributed by atoms with E-state index in [9.17, 15) is 14.7 Å². The molecule has 0 aliphatic heterocycles. The van der Waals surface area contributed by atoms with E-state index in [-0.39, 0.29) is 28.7 Å². The summed E-state index contributed by atoms with van der Waals surface area (Å²) in [6, 6.07) is 22.7. The molecule has 3 N–H and O–H groups in total. The first-order valence-corrected chi connectivity index (χ1v) is 11.1. The number of hydrogen-bond acceptors (Lipinski definition) is 5. The van der Waals surface area contributed by atoms with Crippen molar-refractivity contribution in [3.63, 3.8) is 0 Å². The standard InChI is InChI=1S/C27H22ClN3O4/c1-35-20-6-4-5-17(13-20)14-26(33)30-24-11-9-19(21-7-2-3-8-22(21)24)16-29-31-27(34)18-10-12-25(32)23(28)15-18/h2-13,15-16,32H,14H2,1H3,(H,30,33)(H,31,34). The molecule has 35 heavy (non-hydrogen) atoms. The molecular formula is C27H22ClN3O4. The number of hydrogen-bond donors (Lipinski definition) is 3. The highest BCUT2D eigenvalue weighted by Gasteiger charge is 2.10. The number of phenols is 1. The predicted molar refractivity (Wildman–Crippen MR) is 137 cm³/mol. The number of carbonyl (C=O) groups is 2. The van der Waals surface area contributed by atoms with Gasteiger partial charge in [-0.25, -0.2) is 5.43 Å². The number of phenolic OH excluding ortho intramolecular Hbond substituents is 1. The Kier molecular flexibility index (Phi) is 7.28. The zero-order valence-corrected chi connectivity index (χ0v) is 19.5. The van der Waals surface area contributed by atoms with Crippen molar-refractivity contribution in [1.29, 1.82) is 0 Å². The number of carbonyl (C=O) groups excluding carboxylic acids is 2. The summed E-state index contributed by atoms with van der Waals surface area (Å²) in [6.45, 7) is 0. The third kappa shape index (κ3) is 5.77. The van der Waals surface area contributed by atoms with E-state index in [1.807, 2.05) is 54.6 Å². The van der Waals surface area contributed by atoms with Crippen molar-refractivity contribution in [3.8, 4) is 11.5 Å². The number of nitrogens with one attached hydrogen (secondary N) is 2. The lowest BCUT2D eigenvalue weighted by Crippen LogP contribution is -2.17. The van der Waals surface area contributed by atoms with Gasteiger partial charge in [0.15, 0.2) is 0 Å². The van der Waals surface area contributed by atoms with Gasteiger partial charge in [0.25, 0.3) is 5.91 Å². The molecule has 0 aromatic heterocycles. The molecule has 0 radical (unpaired) electrons. The Morgan fingerprint density at radius 1 is 1.00 bits per heavy atom. The van der Waals surface area contributed by atoms with Crippen LogP contribution in [0, 0.1) is 0 Å². The van der Waals surface area contributed by atoms with E-state index in [0.717, 1.165) is 21.9 Å². The van der Waals surface area contributed by atoms with E-state index in [1.54, 1.807) is 13.2 Å². The minimum Gasteiger partial charge on any atom is -0.506 e. The van der Waals surface area contributed by atoms with Crippen molar-refractivity contribution >= 4 is 46.1 Å². The smallest absolute Gasteiger partial charge is 0.271 e. The molecule has 2 amide bonds. The normalized spacial score (nSPS) is 10.9. The molecule has 7 nitrogen and oxygen atoms in total. The van der Waals surface area contributed by atoms with Gasteiger partial charge in [0.2, 0.25) is 5.91 Å². The van der Waals surface area contributed by atoms with Crippen molar-refractivity contribution in [2.75, 3.05) is 12.4 Å². The van der Waals surface area contributed by atoms with Gasteiger partial charge in [0.1, 0.15) is 11.5 Å². The molecule has 0 fully saturated rings. The van der Waals surface area contributed by atoms with Gasteiger partial charge in [-0.1, -0.05) is 54.1 Å². The topological polar surface area (TPSA) is 100 Å². The number of rotatable bonds is 7. The summed E-state index contributed by atoms with van der Waals surface area (Å²) in [5.74, 6) is -0.0163. The maximum Gasteiger partial charge on any atom is 0.271 e. The molecule has 0 aliphatic carbocycles. The van der Waals surface area contributed by atoms with Crippen LogP contribution < -0.4 is 15.5 Å². The van der Waals surface area contributed by atoms with Crippen LogP contribution in [0.25, 0.3) is 10.8 Å². The maximum absolute atomic E-state index is 12.7. The molecule has 0 spiro atoms. The molecule has 0 bridgehead atoms. The Bertz CT molecular complexity index is 1440. The van der Waals surface area contributed by atoms with Crippen molar-refractivity contribution in [2.24, 2.45) is 5.10 Å². The molecule has 0 heterocycles. The SMILES string of the molecule is COc1cccc(CC(=O)Nc2ccc(C=NNC(=O)c3ccc(O)c(Cl)c3)c3ccccc23)c1. The molecule has 0 saturated carbocycles. The van der Waals surface area contributed by atoms with Crippen molar-refractivity contribution in [3.05, 3.63) is 101 Å². The Morgan fingerprint density at radius 2 is 1.80 bits per heavy atom. The summed E-state index contributed by atoms with van der Waals surface area (Å²) < 4.78 is 5.22. The van der Waals surface area contributed by atoms with E-state index in [2.05, 4.69) is 15.8 Å². The molecule has 176 valence electrons. The number of methoxy groups -OCH3 is 1. The Balaban J connectivity index is 1.49. The van der Waals surface area contributed by atoms with Gasteiger partial charge in [-0.2, -0.15) is 5.10 Å². The second-order valence-corrected chi connectivity index (χ2v) is 8.10. The average Bonchev–Trinajstić information content (AvgIpc) is 2.87. The van der Waals surface area contributed by atoms with E-state index < -0.39 is 5.91 Å². The first kappa shape index (κ1) is 23.8. The monoisotopic (exact) mass is 487 g/mol. The zero-order valence-electron chi connectivity index (χ0n) is 18.8. The number of amides is 2. The number of anilines is 1. The summed E-state index contributed by atoms with van der Waals surface area (Å²) >= 11 is 5.86.